The zero-order chi connectivity index (χ0) is 32.6. The van der Waals surface area contributed by atoms with Crippen LogP contribution in [0.5, 0.6) is 5.75 Å². The maximum absolute atomic E-state index is 13.8. The first kappa shape index (κ1) is 35.1. The Morgan fingerprint density at radius 3 is 2.13 bits per heavy atom. The van der Waals surface area contributed by atoms with E-state index < -0.39 is 0 Å². The molecule has 0 radical (unpaired) electrons. The number of methoxy groups -OCH3 is 1. The molecule has 1 spiro atoms. The van der Waals surface area contributed by atoms with E-state index in [9.17, 15) is 4.39 Å². The van der Waals surface area contributed by atoms with E-state index >= 15 is 0 Å². The molecule has 2 aromatic rings. The summed E-state index contributed by atoms with van der Waals surface area (Å²) in [4.78, 5) is 8.68. The molecule has 6 rings (SSSR count). The minimum Gasteiger partial charge on any atom is -0.494 e. The van der Waals surface area contributed by atoms with Gasteiger partial charge in [-0.1, -0.05) is 19.3 Å². The van der Waals surface area contributed by atoms with Gasteiger partial charge in [-0.2, -0.15) is 0 Å². The van der Waals surface area contributed by atoms with Crippen LogP contribution in [-0.2, 0) is 0 Å². The summed E-state index contributed by atoms with van der Waals surface area (Å²) in [7, 11) is 5.85. The molecule has 0 aromatic heterocycles. The van der Waals surface area contributed by atoms with Gasteiger partial charge in [0, 0.05) is 102 Å². The fourth-order valence-corrected chi connectivity index (χ4v) is 9.92. The molecular weight excluding hydrogens is 628 g/mol. The molecule has 2 aliphatic carbocycles. The Morgan fingerprint density at radius 1 is 0.787 bits per heavy atom. The number of hydrogen-bond donors (Lipinski definition) is 0. The van der Waals surface area contributed by atoms with Crippen molar-refractivity contribution in [3.8, 4) is 5.75 Å². The highest BCUT2D eigenvalue weighted by atomic mass is 32.2. The number of piperazine rings is 1. The fourth-order valence-electron chi connectivity index (χ4n) is 7.61. The first-order chi connectivity index (χ1) is 22.9. The van der Waals surface area contributed by atoms with Crippen molar-refractivity contribution in [1.29, 1.82) is 0 Å². The number of hydrogen-bond acceptors (Lipinski definition) is 9. The maximum atomic E-state index is 13.8. The number of nitrogens with zero attached hydrogens (tertiary/aromatic N) is 6. The van der Waals surface area contributed by atoms with Gasteiger partial charge in [0.05, 0.1) is 12.8 Å². The summed E-state index contributed by atoms with van der Waals surface area (Å²) < 4.78 is 27.4. The average Bonchev–Trinajstić information content (AvgIpc) is 3.83. The van der Waals surface area contributed by atoms with E-state index in [1.165, 1.54) is 94.1 Å². The first-order valence-electron chi connectivity index (χ1n) is 18.1. The van der Waals surface area contributed by atoms with Gasteiger partial charge >= 0.3 is 0 Å². The quantitative estimate of drug-likeness (QED) is 0.252. The van der Waals surface area contributed by atoms with Crippen molar-refractivity contribution in [2.75, 3.05) is 103 Å². The molecule has 7 nitrogen and oxygen atoms in total. The predicted molar refractivity (Wildman–Crippen MR) is 198 cm³/mol. The minimum absolute atomic E-state index is 0.249. The molecule has 0 amide bonds. The van der Waals surface area contributed by atoms with Crippen molar-refractivity contribution in [1.82, 2.24) is 17.8 Å². The molecule has 10 heteroatoms. The fraction of sp³-hybridized carbons (Fsp3) is 0.676. The number of benzene rings is 2. The lowest BCUT2D eigenvalue weighted by molar-refractivity contribution is 0.180. The van der Waals surface area contributed by atoms with Gasteiger partial charge in [-0.25, -0.2) is 17.3 Å². The van der Waals surface area contributed by atoms with E-state index in [2.05, 4.69) is 66.0 Å². The highest BCUT2D eigenvalue weighted by Crippen LogP contribution is 2.49. The lowest BCUT2D eigenvalue weighted by Crippen LogP contribution is -2.46. The molecule has 47 heavy (non-hydrogen) atoms. The number of halogens is 1. The summed E-state index contributed by atoms with van der Waals surface area (Å²) in [6.07, 6.45) is 12.2. The second kappa shape index (κ2) is 16.8. The normalized spacial score (nSPS) is 22.9. The van der Waals surface area contributed by atoms with Crippen LogP contribution >= 0.6 is 24.1 Å². The van der Waals surface area contributed by atoms with E-state index in [1.54, 1.807) is 13.2 Å². The summed E-state index contributed by atoms with van der Waals surface area (Å²) >= 11 is 3.97. The van der Waals surface area contributed by atoms with Gasteiger partial charge in [0.15, 0.2) is 0 Å². The smallest absolute Gasteiger partial charge is 0.145 e. The van der Waals surface area contributed by atoms with Gasteiger partial charge in [-0.05, 0) is 111 Å². The van der Waals surface area contributed by atoms with Gasteiger partial charge in [0.2, 0.25) is 0 Å². The standard InChI is InChI=1S/C37H57FN6OS2/c1-39(2)33-12-14-34(15-13-33)46-43-21-7-19-40(28-31-9-5-4-6-10-31)20-8-22-44(30-37(29-43)17-18-37)47-42-25-23-41(24-26-42)35-16-11-32(38)27-36(35)45-3/h11-16,27,31H,4-10,17-26,28-30H2,1-3H3. The van der Waals surface area contributed by atoms with Gasteiger partial charge < -0.3 is 19.4 Å². The van der Waals surface area contributed by atoms with Crippen molar-refractivity contribution in [3.05, 3.63) is 48.3 Å². The molecule has 0 atom stereocenters. The van der Waals surface area contributed by atoms with Gasteiger partial charge in [0.1, 0.15) is 11.6 Å². The average molecular weight is 685 g/mol. The zero-order valence-corrected chi connectivity index (χ0v) is 30.7. The third kappa shape index (κ3) is 10.2. The first-order valence-corrected chi connectivity index (χ1v) is 19.6. The lowest BCUT2D eigenvalue weighted by Gasteiger charge is -2.39. The molecule has 0 bridgehead atoms. The molecule has 0 unspecified atom stereocenters. The van der Waals surface area contributed by atoms with E-state index in [1.807, 2.05) is 30.1 Å². The van der Waals surface area contributed by atoms with Crippen LogP contribution in [-0.4, -0.2) is 111 Å². The summed E-state index contributed by atoms with van der Waals surface area (Å²) in [5.41, 5.74) is 2.63. The molecule has 4 fully saturated rings. The van der Waals surface area contributed by atoms with E-state index in [-0.39, 0.29) is 5.82 Å². The van der Waals surface area contributed by atoms with Crippen LogP contribution in [0.15, 0.2) is 47.4 Å². The van der Waals surface area contributed by atoms with Crippen LogP contribution in [0.1, 0.15) is 57.8 Å². The maximum Gasteiger partial charge on any atom is 0.145 e. The second-order valence-corrected chi connectivity index (χ2v) is 16.9. The molecule has 2 saturated heterocycles. The van der Waals surface area contributed by atoms with E-state index in [0.29, 0.717) is 11.2 Å². The molecule has 0 N–H and O–H groups in total. The zero-order valence-electron chi connectivity index (χ0n) is 29.0. The Balaban J connectivity index is 1.11. The Kier molecular flexibility index (Phi) is 12.6. The summed E-state index contributed by atoms with van der Waals surface area (Å²) in [6, 6.07) is 14.0. The molecule has 260 valence electrons. The Labute approximate surface area is 292 Å². The Hall–Kier alpha value is -1.69. The molecule has 4 aliphatic rings. The predicted octanol–water partition coefficient (Wildman–Crippen LogP) is 7.35. The Morgan fingerprint density at radius 2 is 1.47 bits per heavy atom. The third-order valence-electron chi connectivity index (χ3n) is 10.5. The van der Waals surface area contributed by atoms with Crippen LogP contribution in [0.4, 0.5) is 15.8 Å². The Bertz CT molecular complexity index is 1250. The van der Waals surface area contributed by atoms with Crippen molar-refractivity contribution >= 4 is 35.5 Å². The summed E-state index contributed by atoms with van der Waals surface area (Å²) in [5.74, 6) is 1.26. The highest BCUT2D eigenvalue weighted by molar-refractivity contribution is 7.97. The van der Waals surface area contributed by atoms with Crippen LogP contribution in [0.3, 0.4) is 0 Å². The van der Waals surface area contributed by atoms with E-state index in [4.69, 9.17) is 4.74 Å². The van der Waals surface area contributed by atoms with Crippen molar-refractivity contribution < 1.29 is 9.13 Å². The van der Waals surface area contributed by atoms with E-state index in [0.717, 1.165) is 64.0 Å². The summed E-state index contributed by atoms with van der Waals surface area (Å²) in [6.45, 7) is 12.1. The second-order valence-electron chi connectivity index (χ2n) is 14.5. The molecule has 2 saturated carbocycles. The third-order valence-corrected chi connectivity index (χ3v) is 12.7. The van der Waals surface area contributed by atoms with Gasteiger partial charge in [-0.15, -0.1) is 0 Å². The van der Waals surface area contributed by atoms with Crippen LogP contribution < -0.4 is 14.5 Å². The van der Waals surface area contributed by atoms with Crippen LogP contribution in [0.25, 0.3) is 0 Å². The SMILES string of the molecule is COc1cc(F)ccc1N1CCN(SN2CCCN(CC3CCCCC3)CCCN(Sc3ccc(N(C)C)cc3)CC3(CC3)C2)CC1. The van der Waals surface area contributed by atoms with Crippen LogP contribution in [0, 0.1) is 17.2 Å². The summed E-state index contributed by atoms with van der Waals surface area (Å²) in [5, 5.41) is 0. The number of anilines is 2. The molecule has 2 heterocycles. The van der Waals surface area contributed by atoms with Crippen molar-refractivity contribution in [3.63, 3.8) is 0 Å². The van der Waals surface area contributed by atoms with Crippen molar-refractivity contribution in [2.45, 2.75) is 62.7 Å². The largest absolute Gasteiger partial charge is 0.494 e. The monoisotopic (exact) mass is 684 g/mol. The van der Waals surface area contributed by atoms with Gasteiger partial charge in [0.25, 0.3) is 0 Å². The van der Waals surface area contributed by atoms with Crippen LogP contribution in [0.2, 0.25) is 0 Å². The molecule has 2 aromatic carbocycles. The molecular formula is C37H57FN6OS2. The van der Waals surface area contributed by atoms with Gasteiger partial charge in [-0.3, -0.25) is 0 Å². The topological polar surface area (TPSA) is 28.7 Å². The highest BCUT2D eigenvalue weighted by Gasteiger charge is 2.46. The minimum atomic E-state index is -0.249. The van der Waals surface area contributed by atoms with Crippen molar-refractivity contribution in [2.24, 2.45) is 11.3 Å². The number of rotatable bonds is 9. The molecule has 2 aliphatic heterocycles. The number of ether oxygens (including phenoxy) is 1. The lowest BCUT2D eigenvalue weighted by atomic mass is 9.89.